The molecule has 2 N–H and O–H groups in total. The fourth-order valence-corrected chi connectivity index (χ4v) is 1.43. The van der Waals surface area contributed by atoms with Crippen molar-refractivity contribution in [3.63, 3.8) is 0 Å². The maximum atomic E-state index is 5.96. The number of ether oxygens (including phenoxy) is 1. The number of hydrogen-bond acceptors (Lipinski definition) is 2. The number of rotatable bonds is 7. The van der Waals surface area contributed by atoms with Crippen molar-refractivity contribution in [2.24, 2.45) is 11.7 Å². The first-order valence-corrected chi connectivity index (χ1v) is 5.34. The highest BCUT2D eigenvalue weighted by atomic mass is 16.5. The molecule has 0 rings (SSSR count). The fraction of sp³-hybridized carbons (Fsp3) is 1.00. The number of hydrogen-bond donors (Lipinski definition) is 1. The van der Waals surface area contributed by atoms with Crippen molar-refractivity contribution < 1.29 is 4.74 Å². The Morgan fingerprint density at radius 1 is 1.15 bits per heavy atom. The van der Waals surface area contributed by atoms with E-state index in [4.69, 9.17) is 10.5 Å². The summed E-state index contributed by atoms with van der Waals surface area (Å²) in [5.74, 6) is 0.798. The topological polar surface area (TPSA) is 35.2 Å². The largest absolute Gasteiger partial charge is 0.382 e. The summed E-state index contributed by atoms with van der Waals surface area (Å²) < 4.78 is 5.17. The molecule has 0 aliphatic carbocycles. The summed E-state index contributed by atoms with van der Waals surface area (Å²) in [5.41, 5.74) is 5.96. The third-order valence-corrected chi connectivity index (χ3v) is 2.39. The molecule has 0 saturated heterocycles. The van der Waals surface area contributed by atoms with Crippen molar-refractivity contribution in [1.82, 2.24) is 0 Å². The second-order valence-corrected chi connectivity index (χ2v) is 4.37. The first-order chi connectivity index (χ1) is 6.06. The molecule has 0 fully saturated rings. The van der Waals surface area contributed by atoms with Gasteiger partial charge < -0.3 is 10.5 Å². The third kappa shape index (κ3) is 8.26. The van der Waals surface area contributed by atoms with E-state index in [1.54, 1.807) is 7.11 Å². The van der Waals surface area contributed by atoms with Gasteiger partial charge in [-0.1, -0.05) is 26.7 Å². The standard InChI is InChI=1S/C11H25NO/c1-9(2)6-5-7-11(12)8-10(3)13-4/h9-11H,5-8,12H2,1-4H3. The summed E-state index contributed by atoms with van der Waals surface area (Å²) in [6, 6.07) is 0.314. The van der Waals surface area contributed by atoms with Gasteiger partial charge in [0.15, 0.2) is 0 Å². The quantitative estimate of drug-likeness (QED) is 0.665. The van der Waals surface area contributed by atoms with E-state index in [1.165, 1.54) is 12.8 Å². The van der Waals surface area contributed by atoms with Crippen molar-refractivity contribution in [1.29, 1.82) is 0 Å². The van der Waals surface area contributed by atoms with Gasteiger partial charge in [0.25, 0.3) is 0 Å². The van der Waals surface area contributed by atoms with Gasteiger partial charge in [-0.3, -0.25) is 0 Å². The third-order valence-electron chi connectivity index (χ3n) is 2.39. The van der Waals surface area contributed by atoms with E-state index in [2.05, 4.69) is 20.8 Å². The van der Waals surface area contributed by atoms with Crippen LogP contribution in [0.5, 0.6) is 0 Å². The van der Waals surface area contributed by atoms with Crippen LogP contribution in [0.1, 0.15) is 46.5 Å². The molecule has 0 radical (unpaired) electrons. The lowest BCUT2D eigenvalue weighted by Crippen LogP contribution is -2.25. The second kappa shape index (κ2) is 7.34. The molecule has 13 heavy (non-hydrogen) atoms. The van der Waals surface area contributed by atoms with Gasteiger partial charge >= 0.3 is 0 Å². The van der Waals surface area contributed by atoms with E-state index in [0.29, 0.717) is 12.1 Å². The first kappa shape index (κ1) is 12.9. The second-order valence-electron chi connectivity index (χ2n) is 4.37. The average molecular weight is 187 g/mol. The summed E-state index contributed by atoms with van der Waals surface area (Å²) in [6.07, 6.45) is 4.94. The van der Waals surface area contributed by atoms with Crippen molar-refractivity contribution in [2.45, 2.75) is 58.6 Å². The lowest BCUT2D eigenvalue weighted by molar-refractivity contribution is 0.103. The summed E-state index contributed by atoms with van der Waals surface area (Å²) in [7, 11) is 1.74. The minimum absolute atomic E-state index is 0.300. The van der Waals surface area contributed by atoms with E-state index < -0.39 is 0 Å². The molecule has 0 amide bonds. The average Bonchev–Trinajstić information content (AvgIpc) is 2.03. The smallest absolute Gasteiger partial charge is 0.0558 e. The van der Waals surface area contributed by atoms with Crippen molar-refractivity contribution in [2.75, 3.05) is 7.11 Å². The van der Waals surface area contributed by atoms with Gasteiger partial charge in [0.05, 0.1) is 6.10 Å². The van der Waals surface area contributed by atoms with E-state index in [1.807, 2.05) is 0 Å². The predicted molar refractivity (Wildman–Crippen MR) is 57.8 cm³/mol. The number of nitrogens with two attached hydrogens (primary N) is 1. The van der Waals surface area contributed by atoms with Crippen LogP contribution in [0.2, 0.25) is 0 Å². The Morgan fingerprint density at radius 3 is 2.23 bits per heavy atom. The highest BCUT2D eigenvalue weighted by Crippen LogP contribution is 2.10. The Kier molecular flexibility index (Phi) is 7.29. The van der Waals surface area contributed by atoms with Crippen LogP contribution in [0.15, 0.2) is 0 Å². The summed E-state index contributed by atoms with van der Waals surface area (Å²) in [4.78, 5) is 0. The molecule has 0 aromatic rings. The van der Waals surface area contributed by atoms with Crippen molar-refractivity contribution in [3.8, 4) is 0 Å². The molecule has 0 bridgehead atoms. The highest BCUT2D eigenvalue weighted by Gasteiger charge is 2.07. The molecule has 2 atom stereocenters. The zero-order valence-corrected chi connectivity index (χ0v) is 9.55. The molecular weight excluding hydrogens is 162 g/mol. The zero-order valence-electron chi connectivity index (χ0n) is 9.55. The Bertz CT molecular complexity index is 115. The molecular formula is C11H25NO. The van der Waals surface area contributed by atoms with Crippen molar-refractivity contribution >= 4 is 0 Å². The summed E-state index contributed by atoms with van der Waals surface area (Å²) >= 11 is 0. The van der Waals surface area contributed by atoms with Gasteiger partial charge in [-0.15, -0.1) is 0 Å². The Labute approximate surface area is 82.8 Å². The van der Waals surface area contributed by atoms with Crippen LogP contribution in [0.4, 0.5) is 0 Å². The Balaban J connectivity index is 3.34. The van der Waals surface area contributed by atoms with Gasteiger partial charge in [-0.05, 0) is 25.7 Å². The van der Waals surface area contributed by atoms with Crippen LogP contribution in [0, 0.1) is 5.92 Å². The molecule has 2 heteroatoms. The highest BCUT2D eigenvalue weighted by molar-refractivity contribution is 4.65. The molecule has 0 aliphatic heterocycles. The normalized spacial score (nSPS) is 16.2. The lowest BCUT2D eigenvalue weighted by atomic mass is 10.0. The molecule has 0 aliphatic rings. The minimum Gasteiger partial charge on any atom is -0.382 e. The monoisotopic (exact) mass is 187 g/mol. The van der Waals surface area contributed by atoms with Gasteiger partial charge in [0.2, 0.25) is 0 Å². The lowest BCUT2D eigenvalue weighted by Gasteiger charge is -2.16. The minimum atomic E-state index is 0.300. The summed E-state index contributed by atoms with van der Waals surface area (Å²) in [5, 5.41) is 0. The SMILES string of the molecule is COC(C)CC(N)CCCC(C)C. The maximum absolute atomic E-state index is 5.96. The zero-order chi connectivity index (χ0) is 10.3. The van der Waals surface area contributed by atoms with E-state index in [-0.39, 0.29) is 0 Å². The van der Waals surface area contributed by atoms with Crippen LogP contribution in [0.25, 0.3) is 0 Å². The van der Waals surface area contributed by atoms with Crippen LogP contribution < -0.4 is 5.73 Å². The van der Waals surface area contributed by atoms with Gasteiger partial charge in [-0.2, -0.15) is 0 Å². The molecule has 2 unspecified atom stereocenters. The molecule has 0 spiro atoms. The molecule has 0 saturated carbocycles. The molecule has 80 valence electrons. The molecule has 0 aromatic heterocycles. The Morgan fingerprint density at radius 2 is 1.77 bits per heavy atom. The van der Waals surface area contributed by atoms with E-state index >= 15 is 0 Å². The predicted octanol–water partition coefficient (Wildman–Crippen LogP) is 2.57. The molecule has 2 nitrogen and oxygen atoms in total. The Hall–Kier alpha value is -0.0800. The van der Waals surface area contributed by atoms with Gasteiger partial charge in [-0.25, -0.2) is 0 Å². The van der Waals surface area contributed by atoms with E-state index in [0.717, 1.165) is 18.8 Å². The maximum Gasteiger partial charge on any atom is 0.0558 e. The van der Waals surface area contributed by atoms with Crippen LogP contribution >= 0.6 is 0 Å². The van der Waals surface area contributed by atoms with Crippen LogP contribution in [-0.2, 0) is 4.74 Å². The van der Waals surface area contributed by atoms with Crippen LogP contribution in [0.3, 0.4) is 0 Å². The van der Waals surface area contributed by atoms with Gasteiger partial charge in [0.1, 0.15) is 0 Å². The summed E-state index contributed by atoms with van der Waals surface area (Å²) in [6.45, 7) is 6.58. The van der Waals surface area contributed by atoms with Crippen molar-refractivity contribution in [3.05, 3.63) is 0 Å². The van der Waals surface area contributed by atoms with E-state index in [9.17, 15) is 0 Å². The van der Waals surface area contributed by atoms with Crippen LogP contribution in [-0.4, -0.2) is 19.3 Å². The first-order valence-electron chi connectivity index (χ1n) is 5.34. The van der Waals surface area contributed by atoms with Gasteiger partial charge in [0, 0.05) is 13.2 Å². The fourth-order valence-electron chi connectivity index (χ4n) is 1.43. The molecule has 0 heterocycles. The number of methoxy groups -OCH3 is 1. The molecule has 0 aromatic carbocycles.